The molecule has 0 bridgehead atoms. The Morgan fingerprint density at radius 1 is 1.00 bits per heavy atom. The molecule has 0 saturated heterocycles. The summed E-state index contributed by atoms with van der Waals surface area (Å²) in [6.45, 7) is 1.70. The van der Waals surface area contributed by atoms with E-state index in [4.69, 9.17) is 9.47 Å². The van der Waals surface area contributed by atoms with Crippen molar-refractivity contribution in [2.45, 2.75) is 13.5 Å². The van der Waals surface area contributed by atoms with E-state index in [0.29, 0.717) is 17.1 Å². The Morgan fingerprint density at radius 2 is 1.69 bits per heavy atom. The van der Waals surface area contributed by atoms with Crippen LogP contribution in [0.25, 0.3) is 16.7 Å². The predicted molar refractivity (Wildman–Crippen MR) is 120 cm³/mol. The van der Waals surface area contributed by atoms with Crippen molar-refractivity contribution in [3.8, 4) is 11.4 Å². The van der Waals surface area contributed by atoms with E-state index in [1.54, 1.807) is 62.6 Å². The first-order valence-electron chi connectivity index (χ1n) is 9.88. The SMILES string of the molecule is COC(=O)c1cc(C)nc2c1c(=O)n(Cc1ccc(OC)cc1)c(=O)n2-c1ccccc1. The number of aromatic nitrogens is 3. The zero-order chi connectivity index (χ0) is 22.8. The second-order valence-corrected chi connectivity index (χ2v) is 7.19. The minimum Gasteiger partial charge on any atom is -0.497 e. The number of fused-ring (bicyclic) bond motifs is 1. The zero-order valence-electron chi connectivity index (χ0n) is 17.9. The van der Waals surface area contributed by atoms with E-state index in [1.807, 2.05) is 6.07 Å². The molecule has 2 aromatic heterocycles. The molecular weight excluding hydrogens is 410 g/mol. The number of para-hydroxylation sites is 1. The molecule has 4 rings (SSSR count). The molecule has 0 amide bonds. The lowest BCUT2D eigenvalue weighted by Gasteiger charge is -2.16. The van der Waals surface area contributed by atoms with Gasteiger partial charge in [-0.1, -0.05) is 30.3 Å². The van der Waals surface area contributed by atoms with Gasteiger partial charge in [0.05, 0.1) is 37.4 Å². The Balaban J connectivity index is 2.08. The largest absolute Gasteiger partial charge is 0.497 e. The number of rotatable bonds is 5. The number of benzene rings is 2. The normalized spacial score (nSPS) is 10.8. The molecule has 0 radical (unpaired) electrons. The van der Waals surface area contributed by atoms with E-state index in [0.717, 1.165) is 10.1 Å². The smallest absolute Gasteiger partial charge is 0.338 e. The molecule has 32 heavy (non-hydrogen) atoms. The monoisotopic (exact) mass is 431 g/mol. The second-order valence-electron chi connectivity index (χ2n) is 7.19. The van der Waals surface area contributed by atoms with Crippen molar-refractivity contribution in [3.05, 3.63) is 98.3 Å². The highest BCUT2D eigenvalue weighted by Gasteiger charge is 2.22. The Kier molecular flexibility index (Phi) is 5.59. The van der Waals surface area contributed by atoms with Gasteiger partial charge in [0.1, 0.15) is 5.75 Å². The molecule has 0 unspecified atom stereocenters. The van der Waals surface area contributed by atoms with Crippen molar-refractivity contribution in [2.75, 3.05) is 14.2 Å². The summed E-state index contributed by atoms with van der Waals surface area (Å²) in [7, 11) is 2.80. The van der Waals surface area contributed by atoms with E-state index < -0.39 is 17.2 Å². The standard InChI is InChI=1S/C24H21N3O5/c1-15-13-19(23(29)32-3)20-21(25-15)27(17-7-5-4-6-8-17)24(30)26(22(20)28)14-16-9-11-18(31-2)12-10-16/h4-13H,14H2,1-3H3. The van der Waals surface area contributed by atoms with Crippen molar-refractivity contribution in [1.82, 2.24) is 14.1 Å². The molecule has 0 spiro atoms. The fraction of sp³-hybridized carbons (Fsp3) is 0.167. The van der Waals surface area contributed by atoms with Crippen LogP contribution in [-0.2, 0) is 11.3 Å². The Morgan fingerprint density at radius 3 is 2.31 bits per heavy atom. The summed E-state index contributed by atoms with van der Waals surface area (Å²) in [5, 5.41) is 0.0272. The molecule has 0 fully saturated rings. The van der Waals surface area contributed by atoms with Gasteiger partial charge in [0, 0.05) is 5.69 Å². The Labute approximate surface area is 183 Å². The quantitative estimate of drug-likeness (QED) is 0.451. The van der Waals surface area contributed by atoms with Crippen molar-refractivity contribution < 1.29 is 14.3 Å². The van der Waals surface area contributed by atoms with E-state index in [1.165, 1.54) is 17.7 Å². The summed E-state index contributed by atoms with van der Waals surface area (Å²) < 4.78 is 12.5. The van der Waals surface area contributed by atoms with Crippen LogP contribution in [0.15, 0.2) is 70.3 Å². The Hall–Kier alpha value is -4.20. The van der Waals surface area contributed by atoms with Gasteiger partial charge in [-0.15, -0.1) is 0 Å². The predicted octanol–water partition coefficient (Wildman–Crippen LogP) is 2.70. The number of ether oxygens (including phenoxy) is 2. The second kappa shape index (κ2) is 8.50. The summed E-state index contributed by atoms with van der Waals surface area (Å²) in [6.07, 6.45) is 0. The van der Waals surface area contributed by atoms with Gasteiger partial charge >= 0.3 is 11.7 Å². The van der Waals surface area contributed by atoms with Crippen LogP contribution < -0.4 is 16.0 Å². The first-order chi connectivity index (χ1) is 15.4. The van der Waals surface area contributed by atoms with Gasteiger partial charge in [-0.2, -0.15) is 0 Å². The van der Waals surface area contributed by atoms with Crippen molar-refractivity contribution in [3.63, 3.8) is 0 Å². The number of hydrogen-bond donors (Lipinski definition) is 0. The lowest BCUT2D eigenvalue weighted by atomic mass is 10.1. The first-order valence-corrected chi connectivity index (χ1v) is 9.88. The molecular formula is C24H21N3O5. The van der Waals surface area contributed by atoms with E-state index in [9.17, 15) is 14.4 Å². The van der Waals surface area contributed by atoms with Gasteiger partial charge in [-0.3, -0.25) is 9.36 Å². The van der Waals surface area contributed by atoms with Crippen LogP contribution in [0.3, 0.4) is 0 Å². The third-order valence-corrected chi connectivity index (χ3v) is 5.14. The number of aryl methyl sites for hydroxylation is 1. The third-order valence-electron chi connectivity index (χ3n) is 5.14. The average Bonchev–Trinajstić information content (AvgIpc) is 2.81. The number of nitrogens with zero attached hydrogens (tertiary/aromatic N) is 3. The maximum absolute atomic E-state index is 13.5. The number of hydrogen-bond acceptors (Lipinski definition) is 6. The highest BCUT2D eigenvalue weighted by Crippen LogP contribution is 2.19. The molecule has 0 aliphatic heterocycles. The highest BCUT2D eigenvalue weighted by atomic mass is 16.5. The molecule has 8 nitrogen and oxygen atoms in total. The Bertz CT molecular complexity index is 1420. The van der Waals surface area contributed by atoms with Crippen LogP contribution in [0.5, 0.6) is 5.75 Å². The van der Waals surface area contributed by atoms with E-state index in [2.05, 4.69) is 4.98 Å². The number of pyridine rings is 1. The molecule has 2 aromatic carbocycles. The number of esters is 1. The summed E-state index contributed by atoms with van der Waals surface area (Å²) >= 11 is 0. The van der Waals surface area contributed by atoms with Gasteiger partial charge in [-0.25, -0.2) is 19.1 Å². The third kappa shape index (κ3) is 3.66. The van der Waals surface area contributed by atoms with Crippen LogP contribution >= 0.6 is 0 Å². The molecule has 0 aliphatic rings. The number of carbonyl (C=O) groups excluding carboxylic acids is 1. The molecule has 8 heteroatoms. The van der Waals surface area contributed by atoms with Crippen LogP contribution in [0.1, 0.15) is 21.6 Å². The van der Waals surface area contributed by atoms with Gasteiger partial charge in [0.25, 0.3) is 5.56 Å². The topological polar surface area (TPSA) is 92.4 Å². The average molecular weight is 431 g/mol. The van der Waals surface area contributed by atoms with E-state index in [-0.39, 0.29) is 23.1 Å². The van der Waals surface area contributed by atoms with Gasteiger partial charge in [0.2, 0.25) is 0 Å². The lowest BCUT2D eigenvalue weighted by molar-refractivity contribution is 0.0602. The fourth-order valence-electron chi connectivity index (χ4n) is 3.60. The fourth-order valence-corrected chi connectivity index (χ4v) is 3.60. The maximum Gasteiger partial charge on any atom is 0.338 e. The summed E-state index contributed by atoms with van der Waals surface area (Å²) in [5.41, 5.74) is 0.739. The molecule has 2 heterocycles. The van der Waals surface area contributed by atoms with Crippen LogP contribution in [0.2, 0.25) is 0 Å². The highest BCUT2D eigenvalue weighted by molar-refractivity contribution is 6.02. The zero-order valence-corrected chi connectivity index (χ0v) is 17.9. The molecule has 162 valence electrons. The van der Waals surface area contributed by atoms with Crippen molar-refractivity contribution in [2.24, 2.45) is 0 Å². The van der Waals surface area contributed by atoms with Crippen LogP contribution in [0.4, 0.5) is 0 Å². The molecule has 0 N–H and O–H groups in total. The van der Waals surface area contributed by atoms with Crippen LogP contribution in [0, 0.1) is 6.92 Å². The minimum absolute atomic E-state index is 0.0128. The molecule has 0 aliphatic carbocycles. The van der Waals surface area contributed by atoms with Gasteiger partial charge in [0.15, 0.2) is 5.65 Å². The van der Waals surface area contributed by atoms with Gasteiger partial charge < -0.3 is 9.47 Å². The summed E-state index contributed by atoms with van der Waals surface area (Å²) in [5.74, 6) is -0.0131. The number of methoxy groups -OCH3 is 2. The summed E-state index contributed by atoms with van der Waals surface area (Å²) in [6, 6.07) is 17.4. The van der Waals surface area contributed by atoms with Crippen molar-refractivity contribution >= 4 is 17.0 Å². The maximum atomic E-state index is 13.5. The minimum atomic E-state index is -0.674. The molecule has 0 atom stereocenters. The molecule has 0 saturated carbocycles. The summed E-state index contributed by atoms with van der Waals surface area (Å²) in [4.78, 5) is 44.0. The molecule has 4 aromatic rings. The lowest BCUT2D eigenvalue weighted by Crippen LogP contribution is -2.40. The number of carbonyl (C=O) groups is 1. The van der Waals surface area contributed by atoms with Crippen LogP contribution in [-0.4, -0.2) is 34.3 Å². The van der Waals surface area contributed by atoms with Crippen molar-refractivity contribution in [1.29, 1.82) is 0 Å². The first kappa shape index (κ1) is 21.0. The van der Waals surface area contributed by atoms with E-state index >= 15 is 0 Å². The van der Waals surface area contributed by atoms with Gasteiger partial charge in [-0.05, 0) is 42.8 Å².